The number of carboxylic acids is 1. The molecular formula is C15H21NO5. The molecule has 1 aromatic rings. The minimum absolute atomic E-state index is 0.0311. The minimum atomic E-state index is -1.18. The van der Waals surface area contributed by atoms with Crippen LogP contribution in [0.25, 0.3) is 0 Å². The zero-order valence-electron chi connectivity index (χ0n) is 12.9. The lowest BCUT2D eigenvalue weighted by Gasteiger charge is -2.38. The van der Waals surface area contributed by atoms with Crippen molar-refractivity contribution in [1.29, 1.82) is 0 Å². The molecule has 0 radical (unpaired) electrons. The Morgan fingerprint density at radius 2 is 1.76 bits per heavy atom. The van der Waals surface area contributed by atoms with Crippen molar-refractivity contribution in [2.24, 2.45) is 5.41 Å². The van der Waals surface area contributed by atoms with Crippen LogP contribution in [0.1, 0.15) is 38.1 Å². The molecule has 0 aliphatic rings. The van der Waals surface area contributed by atoms with Crippen molar-refractivity contribution in [2.45, 2.75) is 33.2 Å². The number of phenols is 1. The van der Waals surface area contributed by atoms with Crippen molar-refractivity contribution in [3.05, 3.63) is 23.8 Å². The molecule has 0 unspecified atom stereocenters. The Kier molecular flexibility index (Phi) is 4.51. The lowest BCUT2D eigenvalue weighted by molar-refractivity contribution is -0.150. The van der Waals surface area contributed by atoms with Gasteiger partial charge >= 0.3 is 5.97 Å². The summed E-state index contributed by atoms with van der Waals surface area (Å²) in [5.41, 5.74) is -2.17. The van der Waals surface area contributed by atoms with Crippen molar-refractivity contribution in [3.8, 4) is 11.5 Å². The number of para-hydroxylation sites is 1. The Labute approximate surface area is 123 Å². The zero-order chi connectivity index (χ0) is 16.4. The fraction of sp³-hybridized carbons (Fsp3) is 0.467. The molecule has 0 saturated carbocycles. The van der Waals surface area contributed by atoms with Crippen LogP contribution < -0.4 is 10.1 Å². The number of phenolic OH excluding ortho intramolecular Hbond substituents is 1. The number of ether oxygens (including phenoxy) is 1. The van der Waals surface area contributed by atoms with Gasteiger partial charge < -0.3 is 20.3 Å². The number of hydrogen-bond acceptors (Lipinski definition) is 4. The number of nitrogens with one attached hydrogen (secondary N) is 1. The molecule has 1 rings (SSSR count). The maximum atomic E-state index is 12.3. The first kappa shape index (κ1) is 16.8. The van der Waals surface area contributed by atoms with Gasteiger partial charge in [0, 0.05) is 0 Å². The molecule has 0 spiro atoms. The molecule has 0 atom stereocenters. The number of rotatable bonds is 5. The Morgan fingerprint density at radius 3 is 2.24 bits per heavy atom. The molecule has 1 amide bonds. The summed E-state index contributed by atoms with van der Waals surface area (Å²) in [7, 11) is 1.38. The van der Waals surface area contributed by atoms with E-state index in [1.807, 2.05) is 0 Å². The summed E-state index contributed by atoms with van der Waals surface area (Å²) in [6, 6.07) is 4.54. The van der Waals surface area contributed by atoms with Gasteiger partial charge in [-0.05, 0) is 39.8 Å². The number of aromatic hydroxyl groups is 1. The Balaban J connectivity index is 3.09. The molecule has 0 heterocycles. The average molecular weight is 295 g/mol. The highest BCUT2D eigenvalue weighted by Crippen LogP contribution is 2.33. The van der Waals surface area contributed by atoms with E-state index in [1.165, 1.54) is 33.1 Å². The van der Waals surface area contributed by atoms with Crippen LogP contribution in [0.3, 0.4) is 0 Å². The number of carboxylic acid groups (broad SMARTS) is 1. The Morgan fingerprint density at radius 1 is 1.19 bits per heavy atom. The third-order valence-corrected chi connectivity index (χ3v) is 3.99. The second-order valence-electron chi connectivity index (χ2n) is 5.87. The lowest BCUT2D eigenvalue weighted by atomic mass is 9.74. The largest absolute Gasteiger partial charge is 0.504 e. The van der Waals surface area contributed by atoms with E-state index in [0.29, 0.717) is 0 Å². The van der Waals surface area contributed by atoms with Crippen LogP contribution in [-0.2, 0) is 4.79 Å². The maximum absolute atomic E-state index is 12.3. The third kappa shape index (κ3) is 3.09. The Hall–Kier alpha value is -2.24. The summed E-state index contributed by atoms with van der Waals surface area (Å²) >= 11 is 0. The molecule has 0 aliphatic carbocycles. The Bertz CT molecular complexity index is 563. The zero-order valence-corrected chi connectivity index (χ0v) is 12.9. The summed E-state index contributed by atoms with van der Waals surface area (Å²) in [4.78, 5) is 23.6. The minimum Gasteiger partial charge on any atom is -0.504 e. The molecule has 21 heavy (non-hydrogen) atoms. The lowest BCUT2D eigenvalue weighted by Crippen LogP contribution is -2.56. The van der Waals surface area contributed by atoms with Gasteiger partial charge in [0.05, 0.1) is 23.6 Å². The monoisotopic (exact) mass is 295 g/mol. The second kappa shape index (κ2) is 5.63. The van der Waals surface area contributed by atoms with Crippen molar-refractivity contribution in [2.75, 3.05) is 7.11 Å². The summed E-state index contributed by atoms with van der Waals surface area (Å²) in [6.45, 7) is 6.30. The van der Waals surface area contributed by atoms with Gasteiger partial charge in [-0.3, -0.25) is 9.59 Å². The van der Waals surface area contributed by atoms with E-state index >= 15 is 0 Å². The van der Waals surface area contributed by atoms with Gasteiger partial charge in [-0.15, -0.1) is 0 Å². The van der Waals surface area contributed by atoms with E-state index in [-0.39, 0.29) is 17.1 Å². The fourth-order valence-corrected chi connectivity index (χ4v) is 1.65. The first-order valence-corrected chi connectivity index (χ1v) is 6.46. The highest BCUT2D eigenvalue weighted by atomic mass is 16.5. The number of benzene rings is 1. The molecule has 6 heteroatoms. The number of methoxy groups -OCH3 is 1. The molecular weight excluding hydrogens is 274 g/mol. The van der Waals surface area contributed by atoms with Gasteiger partial charge in [-0.25, -0.2) is 0 Å². The summed E-state index contributed by atoms with van der Waals surface area (Å²) < 4.78 is 4.95. The van der Waals surface area contributed by atoms with Crippen LogP contribution in [0.4, 0.5) is 0 Å². The first-order chi connectivity index (χ1) is 9.54. The third-order valence-electron chi connectivity index (χ3n) is 3.99. The summed E-state index contributed by atoms with van der Waals surface area (Å²) in [5, 5.41) is 21.9. The molecule has 3 N–H and O–H groups in total. The summed E-state index contributed by atoms with van der Waals surface area (Å²) in [6.07, 6.45) is 0. The molecule has 6 nitrogen and oxygen atoms in total. The number of carbonyl (C=O) groups is 2. The first-order valence-electron chi connectivity index (χ1n) is 6.46. The van der Waals surface area contributed by atoms with Crippen LogP contribution in [0.5, 0.6) is 11.5 Å². The van der Waals surface area contributed by atoms with Crippen LogP contribution >= 0.6 is 0 Å². The van der Waals surface area contributed by atoms with E-state index in [9.17, 15) is 19.8 Å². The number of amides is 1. The fourth-order valence-electron chi connectivity index (χ4n) is 1.65. The second-order valence-corrected chi connectivity index (χ2v) is 5.87. The predicted molar refractivity (Wildman–Crippen MR) is 77.6 cm³/mol. The maximum Gasteiger partial charge on any atom is 0.311 e. The smallest absolute Gasteiger partial charge is 0.311 e. The van der Waals surface area contributed by atoms with E-state index in [2.05, 4.69) is 5.32 Å². The van der Waals surface area contributed by atoms with Crippen molar-refractivity contribution >= 4 is 11.9 Å². The van der Waals surface area contributed by atoms with Gasteiger partial charge in [0.1, 0.15) is 0 Å². The highest BCUT2D eigenvalue weighted by Gasteiger charge is 2.44. The van der Waals surface area contributed by atoms with Gasteiger partial charge in [0.2, 0.25) is 0 Å². The molecule has 0 saturated heterocycles. The van der Waals surface area contributed by atoms with Crippen LogP contribution in [0.15, 0.2) is 18.2 Å². The van der Waals surface area contributed by atoms with Crippen molar-refractivity contribution in [3.63, 3.8) is 0 Å². The topological polar surface area (TPSA) is 95.9 Å². The van der Waals surface area contributed by atoms with E-state index in [0.717, 1.165) is 0 Å². The van der Waals surface area contributed by atoms with E-state index in [1.54, 1.807) is 19.9 Å². The molecule has 0 aromatic heterocycles. The van der Waals surface area contributed by atoms with E-state index in [4.69, 9.17) is 4.74 Å². The number of hydrogen-bond donors (Lipinski definition) is 3. The average Bonchev–Trinajstić information content (AvgIpc) is 2.37. The molecule has 0 fully saturated rings. The number of aliphatic carboxylic acids is 1. The molecule has 0 bridgehead atoms. The van der Waals surface area contributed by atoms with Gasteiger partial charge in [0.15, 0.2) is 11.5 Å². The van der Waals surface area contributed by atoms with Crippen LogP contribution in [-0.4, -0.2) is 34.7 Å². The normalized spacial score (nSPS) is 11.9. The molecule has 116 valence electrons. The van der Waals surface area contributed by atoms with Crippen LogP contribution in [0.2, 0.25) is 0 Å². The quantitative estimate of drug-likeness (QED) is 0.772. The highest BCUT2D eigenvalue weighted by molar-refractivity contribution is 5.98. The molecule has 1 aromatic carbocycles. The van der Waals surface area contributed by atoms with Crippen molar-refractivity contribution in [1.82, 2.24) is 5.32 Å². The number of carbonyl (C=O) groups excluding carboxylic acids is 1. The van der Waals surface area contributed by atoms with Gasteiger partial charge in [-0.1, -0.05) is 6.07 Å². The van der Waals surface area contributed by atoms with E-state index < -0.39 is 22.8 Å². The van der Waals surface area contributed by atoms with Gasteiger partial charge in [-0.2, -0.15) is 0 Å². The standard InChI is InChI=1S/C15H21NO5/c1-14(2,13(19)20)15(3,4)16-12(18)9-7-6-8-10(21-5)11(9)17/h6-8,17H,1-5H3,(H,16,18)(H,19,20). The predicted octanol–water partition coefficient (Wildman–Crippen LogP) is 2.02. The van der Waals surface area contributed by atoms with Gasteiger partial charge in [0.25, 0.3) is 5.91 Å². The molecule has 0 aliphatic heterocycles. The SMILES string of the molecule is COc1cccc(C(=O)NC(C)(C)C(C)(C)C(=O)O)c1O. The van der Waals surface area contributed by atoms with Crippen LogP contribution in [0, 0.1) is 5.41 Å². The van der Waals surface area contributed by atoms with Crippen molar-refractivity contribution < 1.29 is 24.5 Å². The summed E-state index contributed by atoms with van der Waals surface area (Å²) in [5.74, 6) is -1.69.